The molecule has 19 heavy (non-hydrogen) atoms. The fraction of sp³-hybridized carbons (Fsp3) is 0.533. The molecule has 0 aliphatic heterocycles. The number of hydrogen-bond donors (Lipinski definition) is 1. The van der Waals surface area contributed by atoms with Crippen LogP contribution in [0, 0.1) is 15.9 Å². The zero-order valence-electron chi connectivity index (χ0n) is 11.9. The van der Waals surface area contributed by atoms with E-state index in [-0.39, 0.29) is 17.4 Å². The number of hydrogen-bond acceptors (Lipinski definition) is 1. The minimum atomic E-state index is -0.0156. The number of halogens is 2. The second-order valence-electron chi connectivity index (χ2n) is 5.81. The third-order valence-electron chi connectivity index (χ3n) is 3.18. The Morgan fingerprint density at radius 3 is 2.58 bits per heavy atom. The van der Waals surface area contributed by atoms with Crippen molar-refractivity contribution in [3.05, 3.63) is 32.9 Å². The Kier molecular flexibility index (Phi) is 6.12. The summed E-state index contributed by atoms with van der Waals surface area (Å²) in [5, 5.41) is 3.11. The normalized spacial score (nSPS) is 13.2. The van der Waals surface area contributed by atoms with Gasteiger partial charge in [0.25, 0.3) is 5.91 Å². The number of carbonyl (C=O) groups excluding carboxylic acids is 1. The van der Waals surface area contributed by atoms with Gasteiger partial charge >= 0.3 is 0 Å². The minimum absolute atomic E-state index is 0.000187. The van der Waals surface area contributed by atoms with Gasteiger partial charge in [0, 0.05) is 15.5 Å². The smallest absolute Gasteiger partial charge is 0.252 e. The van der Waals surface area contributed by atoms with Crippen LogP contribution in [-0.2, 0) is 0 Å². The summed E-state index contributed by atoms with van der Waals surface area (Å²) in [4.78, 5) is 12.4. The molecule has 0 radical (unpaired) electrons. The number of benzene rings is 1. The van der Waals surface area contributed by atoms with Gasteiger partial charge in [0.1, 0.15) is 0 Å². The van der Waals surface area contributed by atoms with Gasteiger partial charge < -0.3 is 5.32 Å². The molecule has 1 aromatic carbocycles. The molecule has 4 heteroatoms. The van der Waals surface area contributed by atoms with Crippen LogP contribution in [0.2, 0.25) is 0 Å². The molecule has 1 atom stereocenters. The Labute approximate surface area is 134 Å². The standard InChI is InChI=1S/C15H21ClINO/c1-10-6-5-7-11(13(10)17)14(19)18-12(8-9-16)15(2,3)4/h5-7,12H,8-9H2,1-4H3,(H,18,19). The van der Waals surface area contributed by atoms with Gasteiger partial charge in [-0.3, -0.25) is 4.79 Å². The average molecular weight is 394 g/mol. The van der Waals surface area contributed by atoms with Crippen LogP contribution >= 0.6 is 34.2 Å². The van der Waals surface area contributed by atoms with Gasteiger partial charge in [-0.15, -0.1) is 11.6 Å². The summed E-state index contributed by atoms with van der Waals surface area (Å²) in [6.07, 6.45) is 0.777. The molecule has 0 aliphatic rings. The first-order valence-corrected chi connectivity index (χ1v) is 8.00. The van der Waals surface area contributed by atoms with Crippen LogP contribution in [0.3, 0.4) is 0 Å². The number of aryl methyl sites for hydroxylation is 1. The highest BCUT2D eigenvalue weighted by Gasteiger charge is 2.26. The molecule has 0 heterocycles. The van der Waals surface area contributed by atoms with Crippen molar-refractivity contribution in [2.24, 2.45) is 5.41 Å². The van der Waals surface area contributed by atoms with E-state index in [0.717, 1.165) is 21.1 Å². The number of carbonyl (C=O) groups is 1. The largest absolute Gasteiger partial charge is 0.349 e. The predicted octanol–water partition coefficient (Wildman–Crippen LogP) is 4.37. The van der Waals surface area contributed by atoms with E-state index in [0.29, 0.717) is 5.88 Å². The molecule has 0 bridgehead atoms. The van der Waals surface area contributed by atoms with Crippen molar-refractivity contribution in [1.82, 2.24) is 5.32 Å². The lowest BCUT2D eigenvalue weighted by Crippen LogP contribution is -2.44. The molecule has 106 valence electrons. The molecule has 2 nitrogen and oxygen atoms in total. The maximum absolute atomic E-state index is 12.4. The Morgan fingerprint density at radius 2 is 2.05 bits per heavy atom. The molecule has 1 rings (SSSR count). The number of amides is 1. The van der Waals surface area contributed by atoms with Crippen molar-refractivity contribution in [3.8, 4) is 0 Å². The van der Waals surface area contributed by atoms with Crippen molar-refractivity contribution < 1.29 is 4.79 Å². The van der Waals surface area contributed by atoms with E-state index >= 15 is 0 Å². The number of nitrogens with one attached hydrogen (secondary N) is 1. The molecule has 0 saturated heterocycles. The van der Waals surface area contributed by atoms with Crippen molar-refractivity contribution in [2.45, 2.75) is 40.2 Å². The molecule has 1 N–H and O–H groups in total. The first kappa shape index (κ1) is 16.8. The summed E-state index contributed by atoms with van der Waals surface area (Å²) in [7, 11) is 0. The summed E-state index contributed by atoms with van der Waals surface area (Å²) >= 11 is 8.06. The summed E-state index contributed by atoms with van der Waals surface area (Å²) < 4.78 is 1.01. The molecular formula is C15H21ClINO. The molecule has 0 spiro atoms. The molecule has 1 amide bonds. The van der Waals surface area contributed by atoms with Gasteiger partial charge in [0.05, 0.1) is 5.56 Å². The molecular weight excluding hydrogens is 373 g/mol. The Morgan fingerprint density at radius 1 is 1.42 bits per heavy atom. The maximum atomic E-state index is 12.4. The fourth-order valence-corrected chi connectivity index (χ4v) is 2.71. The third-order valence-corrected chi connectivity index (χ3v) is 4.84. The van der Waals surface area contributed by atoms with E-state index in [1.807, 2.05) is 25.1 Å². The molecule has 1 unspecified atom stereocenters. The van der Waals surface area contributed by atoms with Crippen molar-refractivity contribution in [1.29, 1.82) is 0 Å². The van der Waals surface area contributed by atoms with Crippen LogP contribution in [0.4, 0.5) is 0 Å². The predicted molar refractivity (Wildman–Crippen MR) is 89.9 cm³/mol. The van der Waals surface area contributed by atoms with E-state index in [9.17, 15) is 4.79 Å². The van der Waals surface area contributed by atoms with E-state index in [1.165, 1.54) is 0 Å². The van der Waals surface area contributed by atoms with Crippen LogP contribution in [-0.4, -0.2) is 17.8 Å². The van der Waals surface area contributed by atoms with Crippen LogP contribution in [0.1, 0.15) is 43.1 Å². The molecule has 1 aromatic rings. The lowest BCUT2D eigenvalue weighted by molar-refractivity contribution is 0.0899. The second kappa shape index (κ2) is 6.93. The summed E-state index contributed by atoms with van der Waals surface area (Å²) in [5.41, 5.74) is 1.86. The van der Waals surface area contributed by atoms with Crippen LogP contribution < -0.4 is 5.32 Å². The van der Waals surface area contributed by atoms with Crippen LogP contribution in [0.25, 0.3) is 0 Å². The van der Waals surface area contributed by atoms with Gasteiger partial charge in [-0.1, -0.05) is 32.9 Å². The quantitative estimate of drug-likeness (QED) is 0.597. The first-order chi connectivity index (χ1) is 8.77. The molecule has 0 fully saturated rings. The third kappa shape index (κ3) is 4.63. The lowest BCUT2D eigenvalue weighted by Gasteiger charge is -2.31. The van der Waals surface area contributed by atoms with Gasteiger partial charge in [-0.05, 0) is 53.0 Å². The van der Waals surface area contributed by atoms with E-state index < -0.39 is 0 Å². The fourth-order valence-electron chi connectivity index (χ4n) is 1.89. The van der Waals surface area contributed by atoms with Gasteiger partial charge in [0.2, 0.25) is 0 Å². The monoisotopic (exact) mass is 393 g/mol. The topological polar surface area (TPSA) is 29.1 Å². The van der Waals surface area contributed by atoms with Gasteiger partial charge in [-0.25, -0.2) is 0 Å². The van der Waals surface area contributed by atoms with Crippen LogP contribution in [0.5, 0.6) is 0 Å². The van der Waals surface area contributed by atoms with Crippen molar-refractivity contribution in [3.63, 3.8) is 0 Å². The first-order valence-electron chi connectivity index (χ1n) is 6.39. The zero-order valence-corrected chi connectivity index (χ0v) is 14.8. The van der Waals surface area contributed by atoms with Crippen molar-refractivity contribution in [2.75, 3.05) is 5.88 Å². The number of rotatable bonds is 4. The average Bonchev–Trinajstić information content (AvgIpc) is 2.30. The zero-order chi connectivity index (χ0) is 14.6. The highest BCUT2D eigenvalue weighted by molar-refractivity contribution is 14.1. The van der Waals surface area contributed by atoms with E-state index in [1.54, 1.807) is 0 Å². The van der Waals surface area contributed by atoms with Crippen molar-refractivity contribution >= 4 is 40.1 Å². The highest BCUT2D eigenvalue weighted by Crippen LogP contribution is 2.23. The van der Waals surface area contributed by atoms with E-state index in [2.05, 4.69) is 48.7 Å². The lowest BCUT2D eigenvalue weighted by atomic mass is 9.85. The highest BCUT2D eigenvalue weighted by atomic mass is 127. The Hall–Kier alpha value is -0.290. The summed E-state index contributed by atoms with van der Waals surface area (Å²) in [5.74, 6) is 0.533. The minimum Gasteiger partial charge on any atom is -0.349 e. The molecule has 0 saturated carbocycles. The summed E-state index contributed by atoms with van der Waals surface area (Å²) in [6.45, 7) is 8.36. The van der Waals surface area contributed by atoms with Crippen LogP contribution in [0.15, 0.2) is 18.2 Å². The maximum Gasteiger partial charge on any atom is 0.252 e. The van der Waals surface area contributed by atoms with E-state index in [4.69, 9.17) is 11.6 Å². The Bertz CT molecular complexity index is 454. The van der Waals surface area contributed by atoms with Gasteiger partial charge in [0.15, 0.2) is 0 Å². The number of alkyl halides is 1. The second-order valence-corrected chi connectivity index (χ2v) is 7.26. The SMILES string of the molecule is Cc1cccc(C(=O)NC(CCCl)C(C)(C)C)c1I. The molecule has 0 aliphatic carbocycles. The Balaban J connectivity index is 2.91. The molecule has 0 aromatic heterocycles. The van der Waals surface area contributed by atoms with Gasteiger partial charge in [-0.2, -0.15) is 0 Å². The summed E-state index contributed by atoms with van der Waals surface area (Å²) in [6, 6.07) is 5.87.